The van der Waals surface area contributed by atoms with Gasteiger partial charge in [0.15, 0.2) is 0 Å². The van der Waals surface area contributed by atoms with Gasteiger partial charge < -0.3 is 9.26 Å². The summed E-state index contributed by atoms with van der Waals surface area (Å²) in [5.74, 6) is -0.0329. The molecule has 0 spiro atoms. The second kappa shape index (κ2) is 10.7. The van der Waals surface area contributed by atoms with E-state index in [2.05, 4.69) is 0 Å². The first-order valence-electron chi connectivity index (χ1n) is 9.41. The van der Waals surface area contributed by atoms with Gasteiger partial charge in [-0.15, -0.1) is 0 Å². The summed E-state index contributed by atoms with van der Waals surface area (Å²) < 4.78 is 35.1. The lowest BCUT2D eigenvalue weighted by atomic mass is 10.2. The van der Waals surface area contributed by atoms with E-state index in [0.29, 0.717) is 5.75 Å². The third-order valence-electron chi connectivity index (χ3n) is 4.05. The molecule has 6 nitrogen and oxygen atoms in total. The van der Waals surface area contributed by atoms with Crippen molar-refractivity contribution < 1.29 is 27.7 Å². The molecule has 0 heterocycles. The Balaban J connectivity index is 1.69. The Morgan fingerprint density at radius 2 is 1.17 bits per heavy atom. The minimum absolute atomic E-state index is 0.0808. The van der Waals surface area contributed by atoms with Crippen LogP contribution in [0.3, 0.4) is 0 Å². The zero-order valence-corrected chi connectivity index (χ0v) is 17.5. The Hall–Kier alpha value is -2.92. The van der Waals surface area contributed by atoms with Crippen molar-refractivity contribution in [2.75, 3.05) is 0 Å². The fourth-order valence-electron chi connectivity index (χ4n) is 2.51. The van der Waals surface area contributed by atoms with E-state index in [4.69, 9.17) is 18.3 Å². The summed E-state index contributed by atoms with van der Waals surface area (Å²) in [4.78, 5) is 10.9. The van der Waals surface area contributed by atoms with Crippen LogP contribution in [0, 0.1) is 0 Å². The van der Waals surface area contributed by atoms with E-state index >= 15 is 0 Å². The highest BCUT2D eigenvalue weighted by Gasteiger charge is 2.29. The molecule has 0 aromatic heterocycles. The molecule has 3 aromatic rings. The summed E-state index contributed by atoms with van der Waals surface area (Å²) in [5, 5.41) is 0. The van der Waals surface area contributed by atoms with Gasteiger partial charge >= 0.3 is 13.8 Å². The maximum Gasteiger partial charge on any atom is 0.530 e. The molecule has 0 saturated heterocycles. The molecule has 3 rings (SSSR count). The number of hydrogen-bond donors (Lipinski definition) is 0. The molecule has 0 fully saturated rings. The lowest BCUT2D eigenvalue weighted by Crippen LogP contribution is -2.04. The van der Waals surface area contributed by atoms with Crippen molar-refractivity contribution in [3.8, 4) is 5.75 Å². The average Bonchev–Trinajstić information content (AvgIpc) is 2.77. The molecule has 7 heteroatoms. The maximum absolute atomic E-state index is 13.3. The molecule has 0 unspecified atom stereocenters. The van der Waals surface area contributed by atoms with Crippen LogP contribution in [0.2, 0.25) is 0 Å². The van der Waals surface area contributed by atoms with Crippen LogP contribution in [-0.4, -0.2) is 5.97 Å². The van der Waals surface area contributed by atoms with Gasteiger partial charge in [0.05, 0.1) is 13.2 Å². The molecule has 0 bridgehead atoms. The fourth-order valence-corrected chi connectivity index (χ4v) is 3.68. The van der Waals surface area contributed by atoms with Crippen molar-refractivity contribution >= 4 is 13.8 Å². The molecule has 3 aromatic carbocycles. The molecule has 0 aliphatic carbocycles. The Bertz CT molecular complexity index is 926. The first-order valence-corrected chi connectivity index (χ1v) is 10.9. The largest absolute Gasteiger partial charge is 0.530 e. The van der Waals surface area contributed by atoms with Gasteiger partial charge in [0.2, 0.25) is 0 Å². The van der Waals surface area contributed by atoms with E-state index in [9.17, 15) is 9.36 Å². The average molecular weight is 426 g/mol. The van der Waals surface area contributed by atoms with Crippen LogP contribution in [0.5, 0.6) is 5.75 Å². The number of hydrogen-bond acceptors (Lipinski definition) is 6. The van der Waals surface area contributed by atoms with E-state index in [1.165, 1.54) is 6.92 Å². The van der Waals surface area contributed by atoms with Gasteiger partial charge in [-0.2, -0.15) is 0 Å². The van der Waals surface area contributed by atoms with Crippen LogP contribution < -0.4 is 4.52 Å². The fraction of sp³-hybridized carbons (Fsp3) is 0.174. The number of carbonyl (C=O) groups is 1. The van der Waals surface area contributed by atoms with Gasteiger partial charge in [-0.05, 0) is 28.8 Å². The summed E-state index contributed by atoms with van der Waals surface area (Å²) in [6.45, 7) is 1.67. The zero-order valence-electron chi connectivity index (χ0n) is 16.6. The van der Waals surface area contributed by atoms with Crippen molar-refractivity contribution in [1.29, 1.82) is 0 Å². The molecule has 0 N–H and O–H groups in total. The van der Waals surface area contributed by atoms with Gasteiger partial charge in [0.25, 0.3) is 0 Å². The molecule has 30 heavy (non-hydrogen) atoms. The maximum atomic E-state index is 13.3. The zero-order chi connectivity index (χ0) is 21.2. The van der Waals surface area contributed by atoms with Gasteiger partial charge in [-0.3, -0.25) is 13.8 Å². The van der Waals surface area contributed by atoms with E-state index in [1.54, 1.807) is 24.3 Å². The molecular formula is C23H23O6P. The SMILES string of the molecule is CC(=O)OCc1ccc(OP(=O)(OCc2ccccc2)OCc2ccccc2)cc1. The van der Waals surface area contributed by atoms with Crippen molar-refractivity contribution in [1.82, 2.24) is 0 Å². The van der Waals surface area contributed by atoms with E-state index in [0.717, 1.165) is 16.7 Å². The smallest absolute Gasteiger partial charge is 0.461 e. The summed E-state index contributed by atoms with van der Waals surface area (Å²) in [7, 11) is -3.90. The summed E-state index contributed by atoms with van der Waals surface area (Å²) in [6, 6.07) is 25.4. The van der Waals surface area contributed by atoms with Crippen molar-refractivity contribution in [3.63, 3.8) is 0 Å². The highest BCUT2D eigenvalue weighted by molar-refractivity contribution is 7.48. The van der Waals surface area contributed by atoms with Gasteiger partial charge in [-0.25, -0.2) is 4.57 Å². The van der Waals surface area contributed by atoms with Crippen LogP contribution in [-0.2, 0) is 43.0 Å². The molecular weight excluding hydrogens is 403 g/mol. The number of carbonyl (C=O) groups excluding carboxylic acids is 1. The standard InChI is InChI=1S/C23H23O6P/c1-19(24)26-16-22-12-14-23(15-13-22)29-30(25,27-17-20-8-4-2-5-9-20)28-18-21-10-6-3-7-11-21/h2-15H,16-18H2,1H3. The Labute approximate surface area is 176 Å². The minimum atomic E-state index is -3.90. The van der Waals surface area contributed by atoms with E-state index in [-0.39, 0.29) is 25.8 Å². The summed E-state index contributed by atoms with van der Waals surface area (Å²) in [5.41, 5.74) is 2.48. The quantitative estimate of drug-likeness (QED) is 0.307. The molecule has 0 atom stereocenters. The molecule has 0 radical (unpaired) electrons. The third kappa shape index (κ3) is 7.16. The van der Waals surface area contributed by atoms with E-state index < -0.39 is 7.82 Å². The number of phosphoric ester groups is 1. The van der Waals surface area contributed by atoms with Crippen LogP contribution in [0.4, 0.5) is 0 Å². The molecule has 0 aliphatic rings. The monoisotopic (exact) mass is 426 g/mol. The Morgan fingerprint density at radius 3 is 1.63 bits per heavy atom. The predicted octanol–water partition coefficient (Wildman–Crippen LogP) is 5.67. The number of phosphoric acid groups is 1. The van der Waals surface area contributed by atoms with Crippen LogP contribution in [0.15, 0.2) is 84.9 Å². The highest BCUT2D eigenvalue weighted by Crippen LogP contribution is 2.51. The summed E-state index contributed by atoms with van der Waals surface area (Å²) in [6.07, 6.45) is 0. The number of esters is 1. The Morgan fingerprint density at radius 1 is 0.700 bits per heavy atom. The lowest BCUT2D eigenvalue weighted by molar-refractivity contribution is -0.142. The second-order valence-electron chi connectivity index (χ2n) is 6.48. The first kappa shape index (κ1) is 21.8. The lowest BCUT2D eigenvalue weighted by Gasteiger charge is -2.19. The first-order chi connectivity index (χ1) is 14.5. The normalized spacial score (nSPS) is 11.1. The van der Waals surface area contributed by atoms with Crippen LogP contribution >= 0.6 is 7.82 Å². The van der Waals surface area contributed by atoms with Gasteiger partial charge in [0, 0.05) is 6.92 Å². The van der Waals surface area contributed by atoms with Crippen molar-refractivity contribution in [2.24, 2.45) is 0 Å². The molecule has 0 amide bonds. The van der Waals surface area contributed by atoms with E-state index in [1.807, 2.05) is 60.7 Å². The minimum Gasteiger partial charge on any atom is -0.461 e. The second-order valence-corrected chi connectivity index (χ2v) is 8.07. The predicted molar refractivity (Wildman–Crippen MR) is 113 cm³/mol. The Kier molecular flexibility index (Phi) is 7.80. The number of benzene rings is 3. The van der Waals surface area contributed by atoms with Gasteiger partial charge in [-0.1, -0.05) is 72.8 Å². The number of ether oxygens (including phenoxy) is 1. The van der Waals surface area contributed by atoms with Gasteiger partial charge in [0.1, 0.15) is 12.4 Å². The van der Waals surface area contributed by atoms with Crippen LogP contribution in [0.1, 0.15) is 23.6 Å². The van der Waals surface area contributed by atoms with Crippen LogP contribution in [0.25, 0.3) is 0 Å². The molecule has 156 valence electrons. The van der Waals surface area contributed by atoms with Crippen molar-refractivity contribution in [3.05, 3.63) is 102 Å². The summed E-state index contributed by atoms with van der Waals surface area (Å²) >= 11 is 0. The third-order valence-corrected chi connectivity index (χ3v) is 5.37. The highest BCUT2D eigenvalue weighted by atomic mass is 31.2. The molecule has 0 saturated carbocycles. The topological polar surface area (TPSA) is 71.1 Å². The van der Waals surface area contributed by atoms with Crippen molar-refractivity contribution in [2.45, 2.75) is 26.7 Å². The molecule has 0 aliphatic heterocycles. The number of rotatable bonds is 10.